The monoisotopic (exact) mass is 314 g/mol. The minimum absolute atomic E-state index is 0.210. The van der Waals surface area contributed by atoms with Crippen LogP contribution in [0.5, 0.6) is 0 Å². The fourth-order valence-electron chi connectivity index (χ4n) is 1.59. The first-order chi connectivity index (χ1) is 8.09. The number of benzene rings is 2. The van der Waals surface area contributed by atoms with Gasteiger partial charge in [-0.05, 0) is 18.2 Å². The highest BCUT2D eigenvalue weighted by Gasteiger charge is 2.17. The second-order valence-electron chi connectivity index (χ2n) is 3.59. The largest absolute Gasteiger partial charge is 0.383 e. The van der Waals surface area contributed by atoms with Crippen LogP contribution in [0.4, 0.5) is 4.39 Å². The molecule has 17 heavy (non-hydrogen) atoms. The molecule has 0 spiro atoms. The Balaban J connectivity index is 2.44. The van der Waals surface area contributed by atoms with Crippen molar-refractivity contribution >= 4 is 27.5 Å². The van der Waals surface area contributed by atoms with Gasteiger partial charge in [0.15, 0.2) is 0 Å². The predicted molar refractivity (Wildman–Crippen MR) is 69.6 cm³/mol. The predicted octanol–water partition coefficient (Wildman–Crippen LogP) is 4.32. The maximum absolute atomic E-state index is 13.7. The van der Waals surface area contributed by atoms with Crippen LogP contribution in [0.1, 0.15) is 17.2 Å². The Kier molecular flexibility index (Phi) is 3.82. The van der Waals surface area contributed by atoms with E-state index in [0.717, 1.165) is 0 Å². The zero-order valence-corrected chi connectivity index (χ0v) is 11.0. The minimum Gasteiger partial charge on any atom is -0.383 e. The molecule has 0 fully saturated rings. The molecule has 0 saturated carbocycles. The highest BCUT2D eigenvalue weighted by molar-refractivity contribution is 9.10. The van der Waals surface area contributed by atoms with Crippen LogP contribution in [0.15, 0.2) is 46.9 Å². The lowest BCUT2D eigenvalue weighted by atomic mass is 10.0. The number of halogens is 3. The van der Waals surface area contributed by atoms with Crippen molar-refractivity contribution < 1.29 is 9.50 Å². The summed E-state index contributed by atoms with van der Waals surface area (Å²) in [7, 11) is 0. The summed E-state index contributed by atoms with van der Waals surface area (Å²) >= 11 is 9.13. The fourth-order valence-corrected chi connectivity index (χ4v) is 2.16. The molecule has 0 saturated heterocycles. The molecule has 0 aromatic heterocycles. The van der Waals surface area contributed by atoms with Gasteiger partial charge in [0.2, 0.25) is 0 Å². The van der Waals surface area contributed by atoms with Gasteiger partial charge in [-0.1, -0.05) is 51.8 Å². The molecule has 0 aliphatic carbocycles. The van der Waals surface area contributed by atoms with E-state index in [0.29, 0.717) is 15.1 Å². The van der Waals surface area contributed by atoms with E-state index in [1.807, 2.05) is 0 Å². The van der Waals surface area contributed by atoms with Gasteiger partial charge in [0.25, 0.3) is 0 Å². The summed E-state index contributed by atoms with van der Waals surface area (Å²) in [5, 5.41) is 10.5. The summed E-state index contributed by atoms with van der Waals surface area (Å²) in [6.45, 7) is 0. The number of rotatable bonds is 2. The second kappa shape index (κ2) is 5.17. The van der Waals surface area contributed by atoms with E-state index >= 15 is 0 Å². The van der Waals surface area contributed by atoms with Gasteiger partial charge >= 0.3 is 0 Å². The summed E-state index contributed by atoms with van der Waals surface area (Å²) in [4.78, 5) is 0. The van der Waals surface area contributed by atoms with Crippen LogP contribution in [0.2, 0.25) is 5.02 Å². The van der Waals surface area contributed by atoms with Crippen LogP contribution >= 0.6 is 27.5 Å². The van der Waals surface area contributed by atoms with Gasteiger partial charge in [0.05, 0.1) is 0 Å². The van der Waals surface area contributed by atoms with Crippen molar-refractivity contribution in [2.24, 2.45) is 0 Å². The summed E-state index contributed by atoms with van der Waals surface area (Å²) in [6.07, 6.45) is -1.06. The highest BCUT2D eigenvalue weighted by atomic mass is 79.9. The molecule has 2 aromatic carbocycles. The van der Waals surface area contributed by atoms with Gasteiger partial charge < -0.3 is 5.11 Å². The molecule has 0 heterocycles. The van der Waals surface area contributed by atoms with Gasteiger partial charge in [-0.25, -0.2) is 4.39 Å². The van der Waals surface area contributed by atoms with Gasteiger partial charge in [-0.15, -0.1) is 0 Å². The molecule has 1 unspecified atom stereocenters. The highest BCUT2D eigenvalue weighted by Crippen LogP contribution is 2.30. The number of aliphatic hydroxyl groups excluding tert-OH is 1. The minimum atomic E-state index is -1.06. The number of hydrogen-bond donors (Lipinski definition) is 1. The van der Waals surface area contributed by atoms with Crippen LogP contribution in [0, 0.1) is 5.82 Å². The van der Waals surface area contributed by atoms with Crippen LogP contribution in [0.3, 0.4) is 0 Å². The van der Waals surface area contributed by atoms with Crippen LogP contribution in [-0.4, -0.2) is 5.11 Å². The Bertz CT molecular complexity index is 545. The Morgan fingerprint density at radius 1 is 1.12 bits per heavy atom. The average molecular weight is 316 g/mol. The smallest absolute Gasteiger partial charge is 0.130 e. The van der Waals surface area contributed by atoms with Crippen molar-refractivity contribution in [3.63, 3.8) is 0 Å². The third-order valence-corrected chi connectivity index (χ3v) is 3.29. The SMILES string of the molecule is OC(c1ccc(Br)cc1F)c1ccccc1Cl. The normalized spacial score (nSPS) is 12.5. The van der Waals surface area contributed by atoms with Crippen molar-refractivity contribution in [3.8, 4) is 0 Å². The quantitative estimate of drug-likeness (QED) is 0.875. The molecular formula is C13H9BrClFO. The van der Waals surface area contributed by atoms with Crippen molar-refractivity contribution in [2.75, 3.05) is 0 Å². The molecule has 0 aliphatic rings. The molecule has 1 atom stereocenters. The standard InChI is InChI=1S/C13H9BrClFO/c14-8-5-6-10(12(16)7-8)13(17)9-3-1-2-4-11(9)15/h1-7,13,17H. The first kappa shape index (κ1) is 12.6. The molecule has 2 rings (SSSR count). The van der Waals surface area contributed by atoms with Crippen LogP contribution in [-0.2, 0) is 0 Å². The number of aliphatic hydroxyl groups is 1. The molecule has 4 heteroatoms. The molecule has 1 N–H and O–H groups in total. The molecule has 0 amide bonds. The van der Waals surface area contributed by atoms with Gasteiger partial charge in [0, 0.05) is 20.6 Å². The van der Waals surface area contributed by atoms with E-state index in [9.17, 15) is 9.50 Å². The lowest BCUT2D eigenvalue weighted by Gasteiger charge is -2.14. The van der Waals surface area contributed by atoms with Crippen LogP contribution in [0.25, 0.3) is 0 Å². The Morgan fingerprint density at radius 3 is 2.47 bits per heavy atom. The first-order valence-electron chi connectivity index (χ1n) is 4.97. The van der Waals surface area contributed by atoms with Crippen LogP contribution < -0.4 is 0 Å². The van der Waals surface area contributed by atoms with E-state index in [-0.39, 0.29) is 5.56 Å². The third-order valence-electron chi connectivity index (χ3n) is 2.46. The van der Waals surface area contributed by atoms with Crippen molar-refractivity contribution in [1.29, 1.82) is 0 Å². The zero-order chi connectivity index (χ0) is 12.4. The summed E-state index contributed by atoms with van der Waals surface area (Å²) in [5.41, 5.74) is 0.705. The molecule has 88 valence electrons. The lowest BCUT2D eigenvalue weighted by Crippen LogP contribution is -2.03. The van der Waals surface area contributed by atoms with Crippen molar-refractivity contribution in [3.05, 3.63) is 68.9 Å². The van der Waals surface area contributed by atoms with Crippen molar-refractivity contribution in [2.45, 2.75) is 6.10 Å². The summed E-state index contributed by atoms with van der Waals surface area (Å²) < 4.78 is 14.3. The molecule has 0 bridgehead atoms. The third kappa shape index (κ3) is 2.68. The molecular weight excluding hydrogens is 306 g/mol. The molecule has 1 nitrogen and oxygen atoms in total. The van der Waals surface area contributed by atoms with Gasteiger partial charge in [-0.3, -0.25) is 0 Å². The topological polar surface area (TPSA) is 20.2 Å². The maximum atomic E-state index is 13.7. The Hall–Kier alpha value is -0.900. The molecule has 0 aliphatic heterocycles. The first-order valence-corrected chi connectivity index (χ1v) is 6.14. The Labute approximate surface area is 112 Å². The van der Waals surface area contributed by atoms with E-state index in [4.69, 9.17) is 11.6 Å². The summed E-state index contributed by atoms with van der Waals surface area (Å²) in [5.74, 6) is -0.466. The summed E-state index contributed by atoms with van der Waals surface area (Å²) in [6, 6.07) is 11.4. The fraction of sp³-hybridized carbons (Fsp3) is 0.0769. The lowest BCUT2D eigenvalue weighted by molar-refractivity contribution is 0.215. The van der Waals surface area contributed by atoms with E-state index in [1.165, 1.54) is 12.1 Å². The Morgan fingerprint density at radius 2 is 1.82 bits per heavy atom. The van der Waals surface area contributed by atoms with E-state index < -0.39 is 11.9 Å². The van der Waals surface area contributed by atoms with E-state index in [1.54, 1.807) is 30.3 Å². The second-order valence-corrected chi connectivity index (χ2v) is 4.91. The van der Waals surface area contributed by atoms with E-state index in [2.05, 4.69) is 15.9 Å². The van der Waals surface area contributed by atoms with Crippen molar-refractivity contribution in [1.82, 2.24) is 0 Å². The molecule has 0 radical (unpaired) electrons. The maximum Gasteiger partial charge on any atom is 0.130 e. The zero-order valence-electron chi connectivity index (χ0n) is 8.70. The average Bonchev–Trinajstić information content (AvgIpc) is 2.29. The van der Waals surface area contributed by atoms with Gasteiger partial charge in [-0.2, -0.15) is 0 Å². The van der Waals surface area contributed by atoms with Gasteiger partial charge in [0.1, 0.15) is 11.9 Å². The molecule has 2 aromatic rings. The number of hydrogen-bond acceptors (Lipinski definition) is 1.